The molecule has 0 spiro atoms. The highest BCUT2D eigenvalue weighted by Crippen LogP contribution is 2.31. The highest BCUT2D eigenvalue weighted by atomic mass is 19.4. The molecule has 5 nitrogen and oxygen atoms in total. The third kappa shape index (κ3) is 4.45. The summed E-state index contributed by atoms with van der Waals surface area (Å²) in [6.07, 6.45) is -4.44. The van der Waals surface area contributed by atoms with Gasteiger partial charge in [-0.25, -0.2) is 4.99 Å². The van der Waals surface area contributed by atoms with Gasteiger partial charge in [-0.15, -0.1) is 10.3 Å². The van der Waals surface area contributed by atoms with Crippen LogP contribution >= 0.6 is 0 Å². The maximum absolute atomic E-state index is 12.6. The Morgan fingerprint density at radius 3 is 2.55 bits per heavy atom. The van der Waals surface area contributed by atoms with Crippen LogP contribution in [-0.2, 0) is 6.18 Å². The van der Waals surface area contributed by atoms with Gasteiger partial charge in [0.15, 0.2) is 5.75 Å². The van der Waals surface area contributed by atoms with E-state index in [1.165, 1.54) is 12.1 Å². The number of halogens is 3. The Hall–Kier alpha value is -2.25. The summed E-state index contributed by atoms with van der Waals surface area (Å²) < 4.78 is 37.8. The van der Waals surface area contributed by atoms with Gasteiger partial charge in [0.2, 0.25) is 5.96 Å². The molecule has 0 saturated heterocycles. The lowest BCUT2D eigenvalue weighted by Crippen LogP contribution is -2.31. The fraction of sp³-hybridized carbons (Fsp3) is 0.333. The van der Waals surface area contributed by atoms with Gasteiger partial charge in [-0.05, 0) is 38.8 Å². The molecule has 2 N–H and O–H groups in total. The minimum absolute atomic E-state index is 0.00543. The average molecular weight is 288 g/mol. The SMILES string of the molecule is C=N/C(N)=N\N(Oc1cccc(C(F)(F)F)c1)C(C)C. The van der Waals surface area contributed by atoms with Crippen molar-refractivity contribution in [3.63, 3.8) is 0 Å². The number of hydroxylamine groups is 1. The number of rotatable bonds is 4. The van der Waals surface area contributed by atoms with Crippen molar-refractivity contribution in [2.24, 2.45) is 15.8 Å². The third-order valence-electron chi connectivity index (χ3n) is 2.17. The van der Waals surface area contributed by atoms with E-state index < -0.39 is 11.7 Å². The normalized spacial score (nSPS) is 12.4. The maximum Gasteiger partial charge on any atom is 0.416 e. The zero-order valence-corrected chi connectivity index (χ0v) is 11.1. The molecular formula is C12H15F3N4O. The van der Waals surface area contributed by atoms with Crippen molar-refractivity contribution in [1.29, 1.82) is 0 Å². The first kappa shape index (κ1) is 15.8. The van der Waals surface area contributed by atoms with Crippen molar-refractivity contribution in [1.82, 2.24) is 5.17 Å². The number of benzene rings is 1. The second-order valence-electron chi connectivity index (χ2n) is 4.13. The molecule has 20 heavy (non-hydrogen) atoms. The van der Waals surface area contributed by atoms with Crippen molar-refractivity contribution in [3.8, 4) is 5.75 Å². The van der Waals surface area contributed by atoms with Crippen LogP contribution in [0.15, 0.2) is 34.4 Å². The molecule has 0 aliphatic heterocycles. The lowest BCUT2D eigenvalue weighted by atomic mass is 10.2. The van der Waals surface area contributed by atoms with Crippen molar-refractivity contribution in [3.05, 3.63) is 29.8 Å². The van der Waals surface area contributed by atoms with E-state index >= 15 is 0 Å². The smallest absolute Gasteiger partial charge is 0.366 e. The number of hydrogen-bond donors (Lipinski definition) is 1. The van der Waals surface area contributed by atoms with E-state index in [9.17, 15) is 13.2 Å². The molecule has 110 valence electrons. The van der Waals surface area contributed by atoms with Gasteiger partial charge in [0, 0.05) is 0 Å². The molecule has 0 amide bonds. The van der Waals surface area contributed by atoms with Gasteiger partial charge in [0.05, 0.1) is 11.6 Å². The molecule has 0 aliphatic rings. The van der Waals surface area contributed by atoms with Crippen LogP contribution in [-0.4, -0.2) is 23.9 Å². The van der Waals surface area contributed by atoms with Crippen LogP contribution < -0.4 is 10.6 Å². The van der Waals surface area contributed by atoms with Crippen LogP contribution in [0.5, 0.6) is 5.75 Å². The van der Waals surface area contributed by atoms with Gasteiger partial charge in [0.25, 0.3) is 0 Å². The highest BCUT2D eigenvalue weighted by Gasteiger charge is 2.30. The first-order valence-electron chi connectivity index (χ1n) is 5.69. The first-order chi connectivity index (χ1) is 9.24. The molecule has 1 rings (SSSR count). The largest absolute Gasteiger partial charge is 0.416 e. The van der Waals surface area contributed by atoms with Gasteiger partial charge in [-0.3, -0.25) is 0 Å². The number of nitrogens with zero attached hydrogens (tertiary/aromatic N) is 3. The summed E-state index contributed by atoms with van der Waals surface area (Å²) in [5.41, 5.74) is 4.58. The summed E-state index contributed by atoms with van der Waals surface area (Å²) >= 11 is 0. The molecule has 0 fully saturated rings. The summed E-state index contributed by atoms with van der Waals surface area (Å²) in [5.74, 6) is -0.153. The predicted molar refractivity (Wildman–Crippen MR) is 70.2 cm³/mol. The standard InChI is InChI=1S/C12H15F3N4O/c1-8(2)19(18-11(16)17-3)20-10-6-4-5-9(7-10)12(13,14)15/h4-8H,3H2,1-2H3,(H2,16,18). The number of nitrogens with two attached hydrogens (primary N) is 1. The Morgan fingerprint density at radius 1 is 1.40 bits per heavy atom. The summed E-state index contributed by atoms with van der Waals surface area (Å²) in [7, 11) is 0. The zero-order chi connectivity index (χ0) is 15.3. The second-order valence-corrected chi connectivity index (χ2v) is 4.13. The Bertz CT molecular complexity index is 500. The fourth-order valence-electron chi connectivity index (χ4n) is 1.21. The average Bonchev–Trinajstić information content (AvgIpc) is 2.37. The molecule has 0 radical (unpaired) electrons. The minimum atomic E-state index is -4.44. The Morgan fingerprint density at radius 2 is 2.05 bits per heavy atom. The van der Waals surface area contributed by atoms with Gasteiger partial charge in [-0.1, -0.05) is 6.07 Å². The minimum Gasteiger partial charge on any atom is -0.366 e. The van der Waals surface area contributed by atoms with E-state index in [1.54, 1.807) is 13.8 Å². The lowest BCUT2D eigenvalue weighted by Gasteiger charge is -2.23. The van der Waals surface area contributed by atoms with Gasteiger partial charge in [-0.2, -0.15) is 13.2 Å². The monoisotopic (exact) mass is 288 g/mol. The van der Waals surface area contributed by atoms with Crippen molar-refractivity contribution in [2.75, 3.05) is 0 Å². The van der Waals surface area contributed by atoms with Gasteiger partial charge in [0.1, 0.15) is 0 Å². The summed E-state index contributed by atoms with van der Waals surface area (Å²) in [5, 5.41) is 4.83. The van der Waals surface area contributed by atoms with Crippen molar-refractivity contribution >= 4 is 12.7 Å². The van der Waals surface area contributed by atoms with Crippen LogP contribution in [0.25, 0.3) is 0 Å². The molecule has 0 aliphatic carbocycles. The van der Waals surface area contributed by atoms with Crippen molar-refractivity contribution in [2.45, 2.75) is 26.1 Å². The molecule has 8 heteroatoms. The number of guanidine groups is 1. The van der Waals surface area contributed by atoms with E-state index in [0.29, 0.717) is 0 Å². The molecule has 0 aromatic heterocycles. The highest BCUT2D eigenvalue weighted by molar-refractivity contribution is 5.81. The molecule has 1 aromatic carbocycles. The van der Waals surface area contributed by atoms with Gasteiger partial charge < -0.3 is 10.6 Å². The zero-order valence-electron chi connectivity index (χ0n) is 11.1. The number of hydrogen-bond acceptors (Lipinski definition) is 3. The van der Waals surface area contributed by atoms with Crippen LogP contribution in [0.1, 0.15) is 19.4 Å². The summed E-state index contributed by atoms with van der Waals surface area (Å²) in [6.45, 7) is 6.65. The molecule has 0 unspecified atom stereocenters. The maximum atomic E-state index is 12.6. The van der Waals surface area contributed by atoms with E-state index in [1.807, 2.05) is 0 Å². The molecule has 0 heterocycles. The van der Waals surface area contributed by atoms with E-state index in [4.69, 9.17) is 10.6 Å². The number of hydrazone groups is 1. The van der Waals surface area contributed by atoms with E-state index in [0.717, 1.165) is 17.3 Å². The molecule has 0 atom stereocenters. The van der Waals surface area contributed by atoms with Crippen LogP contribution in [0, 0.1) is 0 Å². The molecule has 0 saturated carbocycles. The quantitative estimate of drug-likeness (QED) is 0.526. The first-order valence-corrected chi connectivity index (χ1v) is 5.69. The summed E-state index contributed by atoms with van der Waals surface area (Å²) in [6, 6.07) is 4.20. The van der Waals surface area contributed by atoms with Crippen LogP contribution in [0.2, 0.25) is 0 Å². The number of aliphatic imine (C=N–C) groups is 1. The second kappa shape index (κ2) is 6.27. The molecule has 1 aromatic rings. The predicted octanol–water partition coefficient (Wildman–Crippen LogP) is 2.64. The van der Waals surface area contributed by atoms with Gasteiger partial charge >= 0.3 is 6.18 Å². The lowest BCUT2D eigenvalue weighted by molar-refractivity contribution is -0.138. The number of alkyl halides is 3. The Labute approximate surface area is 114 Å². The molecular weight excluding hydrogens is 273 g/mol. The fourth-order valence-corrected chi connectivity index (χ4v) is 1.21. The van der Waals surface area contributed by atoms with E-state index in [-0.39, 0.29) is 17.8 Å². The Kier molecular flexibility index (Phi) is 4.95. The topological polar surface area (TPSA) is 63.2 Å². The summed E-state index contributed by atoms with van der Waals surface area (Å²) in [4.78, 5) is 8.65. The third-order valence-corrected chi connectivity index (χ3v) is 2.17. The van der Waals surface area contributed by atoms with Crippen LogP contribution in [0.4, 0.5) is 13.2 Å². The van der Waals surface area contributed by atoms with Crippen molar-refractivity contribution < 1.29 is 18.0 Å². The molecule has 0 bridgehead atoms. The van der Waals surface area contributed by atoms with Crippen LogP contribution in [0.3, 0.4) is 0 Å². The van der Waals surface area contributed by atoms with E-state index in [2.05, 4.69) is 16.8 Å². The Balaban J connectivity index is 2.98.